The zero-order valence-electron chi connectivity index (χ0n) is 63.5. The summed E-state index contributed by atoms with van der Waals surface area (Å²) in [4.78, 5) is 5.19. The van der Waals surface area contributed by atoms with Crippen LogP contribution in [0.4, 0.5) is 0 Å². The largest absolute Gasteiger partial charge is 0.456 e. The molecule has 7 aromatic heterocycles. The van der Waals surface area contributed by atoms with E-state index in [1.807, 2.05) is 12.1 Å². The maximum Gasteiger partial charge on any atom is 0.138 e. The molecule has 7 heterocycles. The first-order valence-corrected chi connectivity index (χ1v) is 40.4. The number of benzene rings is 18. The normalized spacial score (nSPS) is 13.1. The van der Waals surface area contributed by atoms with Gasteiger partial charge in [0.05, 0.1) is 38.8 Å². The highest BCUT2D eigenvalue weighted by Crippen LogP contribution is 2.60. The average molecular weight is 1490 g/mol. The predicted octanol–water partition coefficient (Wildman–Crippen LogP) is 30.2. The summed E-state index contributed by atoms with van der Waals surface area (Å²) in [6.07, 6.45) is 0. The second-order valence-electron chi connectivity index (χ2n) is 32.5. The Morgan fingerprint density at radius 2 is 0.632 bits per heavy atom. The molecule has 4 aliphatic rings. The first kappa shape index (κ1) is 63.2. The molecule has 0 radical (unpaired) electrons. The molecule has 0 saturated heterocycles. The van der Waals surface area contributed by atoms with Crippen LogP contribution in [0.5, 0.6) is 0 Å². The van der Waals surface area contributed by atoms with Gasteiger partial charge in [-0.1, -0.05) is 257 Å². The molecule has 7 heteroatoms. The van der Waals surface area contributed by atoms with E-state index >= 15 is 0 Å². The smallest absolute Gasteiger partial charge is 0.138 e. The maximum absolute atomic E-state index is 6.42. The Hall–Kier alpha value is -15.3. The van der Waals surface area contributed by atoms with Crippen LogP contribution in [0.1, 0.15) is 25.0 Å². The van der Waals surface area contributed by atoms with Gasteiger partial charge in [0.15, 0.2) is 0 Å². The number of nitrogens with zero attached hydrogens (tertiary/aromatic N) is 4. The van der Waals surface area contributed by atoms with E-state index in [2.05, 4.69) is 367 Å². The van der Waals surface area contributed by atoms with Gasteiger partial charge in [-0.3, -0.25) is 4.57 Å². The fraction of sp³-hybridized carbons (Fsp3) is 0.0273. The van der Waals surface area contributed by atoms with Crippen LogP contribution in [0, 0.1) is 0 Å². The van der Waals surface area contributed by atoms with Crippen molar-refractivity contribution in [2.75, 3.05) is 0 Å². The van der Waals surface area contributed by atoms with E-state index in [1.54, 1.807) is 0 Å². The third-order valence-corrected chi connectivity index (χ3v) is 26.3. The zero-order chi connectivity index (χ0) is 76.4. The van der Waals surface area contributed by atoms with Gasteiger partial charge in [-0.05, 0) is 209 Å². The lowest BCUT2D eigenvalue weighted by Crippen LogP contribution is -2.14. The summed E-state index contributed by atoms with van der Waals surface area (Å²) >= 11 is 0. The van der Waals surface area contributed by atoms with E-state index in [0.717, 1.165) is 72.6 Å². The van der Waals surface area contributed by atoms with Gasteiger partial charge in [0, 0.05) is 97.8 Å². The molecule has 0 N–H and O–H groups in total. The molecule has 29 rings (SSSR count). The lowest BCUT2D eigenvalue weighted by Gasteiger charge is -2.22. The number of hydrogen-bond donors (Lipinski definition) is 0. The zero-order valence-corrected chi connectivity index (χ0v) is 63.5. The van der Waals surface area contributed by atoms with Crippen LogP contribution in [-0.4, -0.2) is 18.7 Å². The van der Waals surface area contributed by atoms with Crippen LogP contribution in [0.15, 0.2) is 365 Å². The first-order valence-electron chi connectivity index (χ1n) is 40.4. The second kappa shape index (κ2) is 23.0. The van der Waals surface area contributed by atoms with Crippen LogP contribution in [-0.2, 0) is 5.41 Å². The summed E-state index contributed by atoms with van der Waals surface area (Å²) in [5.41, 5.74) is 35.5. The molecule has 0 bridgehead atoms. The third-order valence-electron chi connectivity index (χ3n) is 26.3. The Balaban J connectivity index is 0.0000000941. The van der Waals surface area contributed by atoms with E-state index in [-0.39, 0.29) is 5.41 Å². The average Bonchev–Trinajstić information content (AvgIpc) is 1.52. The highest BCUT2D eigenvalue weighted by Gasteiger charge is 2.41. The number of fused-ring (bicyclic) bond motifs is 6. The number of para-hydroxylation sites is 1. The topological polar surface area (TPSA) is 67.1 Å². The molecule has 18 aromatic carbocycles. The van der Waals surface area contributed by atoms with Crippen LogP contribution in [0.2, 0.25) is 0 Å². The Bertz CT molecular complexity index is 8800. The molecule has 0 spiro atoms. The second-order valence-corrected chi connectivity index (χ2v) is 32.5. The number of furan rings is 3. The fourth-order valence-corrected chi connectivity index (χ4v) is 21.5. The fourth-order valence-electron chi connectivity index (χ4n) is 21.5. The Labute approximate surface area is 668 Å². The molecule has 0 saturated carbocycles. The quantitative estimate of drug-likeness (QED) is 0.166. The molecule has 0 amide bonds. The Morgan fingerprint density at radius 3 is 1.26 bits per heavy atom. The monoisotopic (exact) mass is 1490 g/mol. The Morgan fingerprint density at radius 1 is 0.231 bits per heavy atom. The highest BCUT2D eigenvalue weighted by molar-refractivity contribution is 6.40. The van der Waals surface area contributed by atoms with Gasteiger partial charge in [0.25, 0.3) is 0 Å². The van der Waals surface area contributed by atoms with E-state index in [1.165, 1.54) is 197 Å². The molecule has 0 unspecified atom stereocenters. The van der Waals surface area contributed by atoms with Crippen LogP contribution in [0.25, 0.3) is 259 Å². The van der Waals surface area contributed by atoms with Gasteiger partial charge >= 0.3 is 0 Å². The van der Waals surface area contributed by atoms with Crippen molar-refractivity contribution in [2.24, 2.45) is 0 Å². The minimum Gasteiger partial charge on any atom is -0.456 e. The lowest BCUT2D eigenvalue weighted by molar-refractivity contribution is 0.661. The molecule has 542 valence electrons. The van der Waals surface area contributed by atoms with Crippen molar-refractivity contribution in [1.82, 2.24) is 18.7 Å². The standard InChI is InChI=1S/C40H21NO2.C36H24N2.C34H19NO/c1-2-14-31-28(9-1)36-25(10-5-15-32(36)42-31)23-7-3-8-24(21-23)41-29-13-4-11-26-27-12-6-16-33-38(27)40-34(43-33)20-18-22-17-19-30(41)39(35(22)40)37(26)29;1-36(2)25-13-6-11-23-24-12-7-15-28-33(24)35-29(20-18-22-17-19-26(36)34(31(22)35)32(23)25)38(28)30-16-8-14-27(37-30)21-9-4-3-5-10-21;1-2-7-20(8-3-1)22-9-4-10-23(19-22)35-26-13-5-11-24-25-12-6-14-28-32(25)34-29(36-28)18-16-21-15-17-27(35)33(30(21)34)31(24)26/h1-21H;3-20H,1-2H3;1-19H. The SMILES string of the molecule is CC1(C)c2cccc3c2-c2c1ccc1ccc4c(c21)c1c-3cccc1n4-c1cccc(-c2ccccc2)n1.c1cc(-c2cccc3oc4ccccc4c23)cc(-n2c3cccc4c3c3c5c(ccc6oc7cccc-4c7c65)ccc32)c1.c1ccc(-c2cccc(-n3c4cccc5c4c4c6c(ccc7oc8cccc-5c8c76)ccc43)c2)cc1. The minimum absolute atomic E-state index is 0.0312. The van der Waals surface area contributed by atoms with Crippen molar-refractivity contribution in [1.29, 1.82) is 0 Å². The van der Waals surface area contributed by atoms with Crippen molar-refractivity contribution in [3.05, 3.63) is 363 Å². The van der Waals surface area contributed by atoms with Crippen molar-refractivity contribution in [2.45, 2.75) is 19.3 Å². The summed E-state index contributed by atoms with van der Waals surface area (Å²) in [5, 5.41) is 22.8. The third kappa shape index (κ3) is 8.40. The van der Waals surface area contributed by atoms with E-state index < -0.39 is 0 Å². The van der Waals surface area contributed by atoms with Gasteiger partial charge in [0.1, 0.15) is 39.3 Å². The maximum atomic E-state index is 6.42. The molecular formula is C110H64N4O3. The molecule has 117 heavy (non-hydrogen) atoms. The molecule has 25 aromatic rings. The summed E-state index contributed by atoms with van der Waals surface area (Å²) < 4.78 is 26.3. The summed E-state index contributed by atoms with van der Waals surface area (Å²) in [6.45, 7) is 4.75. The number of rotatable bonds is 6. The van der Waals surface area contributed by atoms with Gasteiger partial charge in [0.2, 0.25) is 0 Å². The first-order chi connectivity index (χ1) is 57.8. The van der Waals surface area contributed by atoms with E-state index in [9.17, 15) is 0 Å². The number of aromatic nitrogens is 4. The van der Waals surface area contributed by atoms with Gasteiger partial charge in [-0.25, -0.2) is 4.98 Å². The van der Waals surface area contributed by atoms with Crippen LogP contribution >= 0.6 is 0 Å². The van der Waals surface area contributed by atoms with Gasteiger partial charge < -0.3 is 22.4 Å². The van der Waals surface area contributed by atoms with Crippen molar-refractivity contribution in [3.8, 4) is 95.2 Å². The lowest BCUT2D eigenvalue weighted by atomic mass is 9.81. The highest BCUT2D eigenvalue weighted by atomic mass is 16.3. The molecule has 0 atom stereocenters. The number of hydrogen-bond acceptors (Lipinski definition) is 4. The van der Waals surface area contributed by atoms with Crippen molar-refractivity contribution < 1.29 is 13.3 Å². The van der Waals surface area contributed by atoms with Crippen LogP contribution < -0.4 is 0 Å². The predicted molar refractivity (Wildman–Crippen MR) is 485 cm³/mol. The van der Waals surface area contributed by atoms with Gasteiger partial charge in [-0.15, -0.1) is 0 Å². The molecule has 7 nitrogen and oxygen atoms in total. The Kier molecular flexibility index (Phi) is 12.4. The minimum atomic E-state index is -0.0312. The van der Waals surface area contributed by atoms with Crippen molar-refractivity contribution in [3.63, 3.8) is 0 Å². The molecule has 0 aliphatic heterocycles. The summed E-state index contributed by atoms with van der Waals surface area (Å²) in [6, 6.07) is 127. The molecule has 0 fully saturated rings. The van der Waals surface area contributed by atoms with E-state index in [4.69, 9.17) is 18.2 Å². The summed E-state index contributed by atoms with van der Waals surface area (Å²) in [7, 11) is 0. The van der Waals surface area contributed by atoms with Gasteiger partial charge in [-0.2, -0.15) is 0 Å². The number of pyridine rings is 1. The van der Waals surface area contributed by atoms with E-state index in [0.29, 0.717) is 0 Å². The van der Waals surface area contributed by atoms with Crippen molar-refractivity contribution >= 4 is 164 Å². The molecule has 4 aliphatic carbocycles. The summed E-state index contributed by atoms with van der Waals surface area (Å²) in [5.74, 6) is 0.949. The molecular weight excluding hydrogens is 1430 g/mol. The van der Waals surface area contributed by atoms with Crippen LogP contribution in [0.3, 0.4) is 0 Å².